The van der Waals surface area contributed by atoms with E-state index < -0.39 is 4.92 Å². The van der Waals surface area contributed by atoms with E-state index in [1.807, 2.05) is 18.2 Å². The standard InChI is InChI=1S/C17H17N5O2/c18-10-13-3-5-15(16(9-13)22(23)24)19-11-14-4-6-17(20-12-14)21-7-1-2-8-21/h3-6,9,12,19H,1-2,7-8,11H2. The lowest BCUT2D eigenvalue weighted by molar-refractivity contribution is -0.384. The molecule has 3 rings (SSSR count). The van der Waals surface area contributed by atoms with Crippen molar-refractivity contribution in [3.63, 3.8) is 0 Å². The molecule has 122 valence electrons. The number of anilines is 2. The first-order valence-electron chi connectivity index (χ1n) is 7.79. The van der Waals surface area contributed by atoms with Crippen molar-refractivity contribution in [2.24, 2.45) is 0 Å². The molecular weight excluding hydrogens is 306 g/mol. The van der Waals surface area contributed by atoms with Gasteiger partial charge in [0.1, 0.15) is 11.5 Å². The number of aromatic nitrogens is 1. The topological polar surface area (TPSA) is 95.1 Å². The summed E-state index contributed by atoms with van der Waals surface area (Å²) in [7, 11) is 0. The molecule has 1 saturated heterocycles. The third kappa shape index (κ3) is 3.43. The number of benzene rings is 1. The van der Waals surface area contributed by atoms with Crippen LogP contribution in [0.4, 0.5) is 17.2 Å². The maximum atomic E-state index is 11.1. The Morgan fingerprint density at radius 3 is 2.71 bits per heavy atom. The van der Waals surface area contributed by atoms with E-state index in [4.69, 9.17) is 5.26 Å². The molecule has 0 aliphatic carbocycles. The fourth-order valence-electron chi connectivity index (χ4n) is 2.75. The number of hydrogen-bond acceptors (Lipinski definition) is 6. The Hall–Kier alpha value is -3.14. The van der Waals surface area contributed by atoms with E-state index in [0.29, 0.717) is 12.2 Å². The monoisotopic (exact) mass is 323 g/mol. The van der Waals surface area contributed by atoms with E-state index in [1.54, 1.807) is 18.3 Å². The van der Waals surface area contributed by atoms with Crippen molar-refractivity contribution in [3.8, 4) is 6.07 Å². The van der Waals surface area contributed by atoms with E-state index in [9.17, 15) is 10.1 Å². The number of rotatable bonds is 5. The van der Waals surface area contributed by atoms with Crippen molar-refractivity contribution in [2.75, 3.05) is 23.3 Å². The third-order valence-corrected chi connectivity index (χ3v) is 4.05. The molecule has 2 heterocycles. The number of nitro benzene ring substituents is 1. The molecule has 7 heteroatoms. The highest BCUT2D eigenvalue weighted by atomic mass is 16.6. The van der Waals surface area contributed by atoms with Gasteiger partial charge in [-0.2, -0.15) is 5.26 Å². The Kier molecular flexibility index (Phi) is 4.57. The van der Waals surface area contributed by atoms with Gasteiger partial charge in [-0.15, -0.1) is 0 Å². The second-order valence-electron chi connectivity index (χ2n) is 5.67. The van der Waals surface area contributed by atoms with Crippen LogP contribution in [0.2, 0.25) is 0 Å². The Morgan fingerprint density at radius 2 is 2.08 bits per heavy atom. The first-order chi connectivity index (χ1) is 11.7. The minimum atomic E-state index is -0.488. The molecule has 1 fully saturated rings. The van der Waals surface area contributed by atoms with Crippen LogP contribution in [-0.2, 0) is 6.54 Å². The van der Waals surface area contributed by atoms with Crippen LogP contribution < -0.4 is 10.2 Å². The Balaban J connectivity index is 1.69. The highest BCUT2D eigenvalue weighted by molar-refractivity contribution is 5.64. The smallest absolute Gasteiger partial charge is 0.293 e. The molecule has 1 aromatic heterocycles. The molecule has 1 aromatic carbocycles. The summed E-state index contributed by atoms with van der Waals surface area (Å²) in [6, 6.07) is 10.3. The largest absolute Gasteiger partial charge is 0.375 e. The first kappa shape index (κ1) is 15.7. The zero-order chi connectivity index (χ0) is 16.9. The van der Waals surface area contributed by atoms with Crippen LogP contribution in [-0.4, -0.2) is 23.0 Å². The second kappa shape index (κ2) is 6.96. The number of hydrogen-bond donors (Lipinski definition) is 1. The molecule has 0 bridgehead atoms. The van der Waals surface area contributed by atoms with Crippen LogP contribution in [0.1, 0.15) is 24.0 Å². The van der Waals surface area contributed by atoms with Gasteiger partial charge in [-0.1, -0.05) is 6.07 Å². The van der Waals surface area contributed by atoms with Gasteiger partial charge in [0.15, 0.2) is 0 Å². The highest BCUT2D eigenvalue weighted by Gasteiger charge is 2.15. The lowest BCUT2D eigenvalue weighted by Crippen LogP contribution is -2.18. The summed E-state index contributed by atoms with van der Waals surface area (Å²) in [6.45, 7) is 2.52. The van der Waals surface area contributed by atoms with Crippen LogP contribution in [0.5, 0.6) is 0 Å². The van der Waals surface area contributed by atoms with E-state index in [-0.39, 0.29) is 11.3 Å². The minimum absolute atomic E-state index is 0.101. The molecule has 7 nitrogen and oxygen atoms in total. The van der Waals surface area contributed by atoms with Crippen molar-refractivity contribution in [1.82, 2.24) is 4.98 Å². The average molecular weight is 323 g/mol. The lowest BCUT2D eigenvalue weighted by atomic mass is 10.2. The van der Waals surface area contributed by atoms with Gasteiger partial charge in [0.05, 0.1) is 16.6 Å². The third-order valence-electron chi connectivity index (χ3n) is 4.05. The Bertz CT molecular complexity index is 777. The molecule has 1 N–H and O–H groups in total. The summed E-state index contributed by atoms with van der Waals surface area (Å²) in [5.74, 6) is 0.973. The van der Waals surface area contributed by atoms with Gasteiger partial charge in [-0.3, -0.25) is 10.1 Å². The number of nitrogens with zero attached hydrogens (tertiary/aromatic N) is 4. The van der Waals surface area contributed by atoms with Crippen molar-refractivity contribution in [2.45, 2.75) is 19.4 Å². The second-order valence-corrected chi connectivity index (χ2v) is 5.67. The van der Waals surface area contributed by atoms with Crippen LogP contribution in [0.15, 0.2) is 36.5 Å². The molecule has 24 heavy (non-hydrogen) atoms. The molecular formula is C17H17N5O2. The summed E-state index contributed by atoms with van der Waals surface area (Å²) in [5.41, 5.74) is 1.50. The van der Waals surface area contributed by atoms with Gasteiger partial charge >= 0.3 is 0 Å². The summed E-state index contributed by atoms with van der Waals surface area (Å²) < 4.78 is 0. The van der Waals surface area contributed by atoms with Crippen molar-refractivity contribution < 1.29 is 4.92 Å². The summed E-state index contributed by atoms with van der Waals surface area (Å²) in [6.07, 6.45) is 4.19. The zero-order valence-electron chi connectivity index (χ0n) is 13.1. The van der Waals surface area contributed by atoms with Gasteiger partial charge in [0, 0.05) is 31.9 Å². The van der Waals surface area contributed by atoms with Gasteiger partial charge in [-0.05, 0) is 36.6 Å². The van der Waals surface area contributed by atoms with Crippen molar-refractivity contribution in [1.29, 1.82) is 5.26 Å². The molecule has 0 amide bonds. The Morgan fingerprint density at radius 1 is 1.29 bits per heavy atom. The van der Waals surface area contributed by atoms with Gasteiger partial charge in [-0.25, -0.2) is 4.98 Å². The summed E-state index contributed by atoms with van der Waals surface area (Å²) in [4.78, 5) is 17.4. The molecule has 0 spiro atoms. The molecule has 1 aliphatic rings. The van der Waals surface area contributed by atoms with Crippen molar-refractivity contribution in [3.05, 3.63) is 57.8 Å². The summed E-state index contributed by atoms with van der Waals surface area (Å²) >= 11 is 0. The molecule has 0 unspecified atom stereocenters. The SMILES string of the molecule is N#Cc1ccc(NCc2ccc(N3CCCC3)nc2)c([N+](=O)[O-])c1. The van der Waals surface area contributed by atoms with Gasteiger partial charge in [0.2, 0.25) is 0 Å². The molecule has 2 aromatic rings. The number of pyridine rings is 1. The Labute approximate surface area is 139 Å². The van der Waals surface area contributed by atoms with Crippen molar-refractivity contribution >= 4 is 17.2 Å². The quantitative estimate of drug-likeness (QED) is 0.671. The molecule has 0 saturated carbocycles. The van der Waals surface area contributed by atoms with Gasteiger partial charge < -0.3 is 10.2 Å². The maximum Gasteiger partial charge on any atom is 0.293 e. The average Bonchev–Trinajstić information content (AvgIpc) is 3.15. The van der Waals surface area contributed by atoms with E-state index in [1.165, 1.54) is 18.9 Å². The maximum absolute atomic E-state index is 11.1. The predicted octanol–water partition coefficient (Wildman–Crippen LogP) is 3.07. The summed E-state index contributed by atoms with van der Waals surface area (Å²) in [5, 5.41) is 23.0. The van der Waals surface area contributed by atoms with Crippen LogP contribution in [0.3, 0.4) is 0 Å². The van der Waals surface area contributed by atoms with Crippen LogP contribution in [0.25, 0.3) is 0 Å². The van der Waals surface area contributed by atoms with E-state index in [0.717, 1.165) is 24.5 Å². The molecule has 0 atom stereocenters. The fraction of sp³-hybridized carbons (Fsp3) is 0.294. The fourth-order valence-corrected chi connectivity index (χ4v) is 2.75. The van der Waals surface area contributed by atoms with E-state index in [2.05, 4.69) is 15.2 Å². The van der Waals surface area contributed by atoms with Crippen LogP contribution >= 0.6 is 0 Å². The molecule has 1 aliphatic heterocycles. The highest BCUT2D eigenvalue weighted by Crippen LogP contribution is 2.26. The van der Waals surface area contributed by atoms with E-state index >= 15 is 0 Å². The predicted molar refractivity (Wildman–Crippen MR) is 90.8 cm³/mol. The minimum Gasteiger partial charge on any atom is -0.375 e. The first-order valence-corrected chi connectivity index (χ1v) is 7.79. The normalized spacial score (nSPS) is 13.5. The van der Waals surface area contributed by atoms with Crippen LogP contribution in [0, 0.1) is 21.4 Å². The number of nitro groups is 1. The lowest BCUT2D eigenvalue weighted by Gasteiger charge is -2.16. The number of nitriles is 1. The zero-order valence-corrected chi connectivity index (χ0v) is 13.1. The molecule has 0 radical (unpaired) electrons. The number of nitrogens with one attached hydrogen (secondary N) is 1. The van der Waals surface area contributed by atoms with Gasteiger partial charge in [0.25, 0.3) is 5.69 Å².